The van der Waals surface area contributed by atoms with Crippen molar-refractivity contribution < 1.29 is 4.79 Å². The molecule has 1 aliphatic rings. The van der Waals surface area contributed by atoms with Gasteiger partial charge in [-0.1, -0.05) is 6.07 Å². The predicted octanol–water partition coefficient (Wildman–Crippen LogP) is 2.10. The van der Waals surface area contributed by atoms with Gasteiger partial charge in [-0.25, -0.2) is 0 Å². The average molecular weight is 356 g/mol. The van der Waals surface area contributed by atoms with Gasteiger partial charge in [0.1, 0.15) is 5.69 Å². The first-order valence-electron chi connectivity index (χ1n) is 8.32. The maximum atomic E-state index is 12.7. The van der Waals surface area contributed by atoms with E-state index in [4.69, 9.17) is 0 Å². The molecule has 0 aromatic carbocycles. The molecule has 1 amide bonds. The second-order valence-electron chi connectivity index (χ2n) is 6.19. The van der Waals surface area contributed by atoms with Gasteiger partial charge in [-0.05, 0) is 36.5 Å². The van der Waals surface area contributed by atoms with E-state index in [-0.39, 0.29) is 5.91 Å². The summed E-state index contributed by atoms with van der Waals surface area (Å²) in [4.78, 5) is 15.5. The highest BCUT2D eigenvalue weighted by Gasteiger charge is 2.19. The second kappa shape index (κ2) is 6.81. The van der Waals surface area contributed by atoms with Crippen molar-refractivity contribution in [2.24, 2.45) is 0 Å². The lowest BCUT2D eigenvalue weighted by Gasteiger charge is -2.14. The Morgan fingerprint density at radius 3 is 3.20 bits per heavy atom. The second-order valence-corrected chi connectivity index (χ2v) is 7.14. The van der Waals surface area contributed by atoms with E-state index in [0.29, 0.717) is 12.2 Å². The van der Waals surface area contributed by atoms with Crippen molar-refractivity contribution >= 4 is 17.2 Å². The third-order valence-corrected chi connectivity index (χ3v) is 5.16. The number of rotatable bonds is 4. The van der Waals surface area contributed by atoms with Crippen molar-refractivity contribution in [1.29, 1.82) is 0 Å². The Morgan fingerprint density at radius 1 is 1.44 bits per heavy atom. The van der Waals surface area contributed by atoms with Crippen molar-refractivity contribution in [3.8, 4) is 10.6 Å². The van der Waals surface area contributed by atoms with Gasteiger partial charge in [-0.3, -0.25) is 14.6 Å². The van der Waals surface area contributed by atoms with E-state index < -0.39 is 0 Å². The van der Waals surface area contributed by atoms with Crippen LogP contribution in [0.3, 0.4) is 0 Å². The fraction of sp³-hybridized carbons (Fsp3) is 0.353. The fourth-order valence-corrected chi connectivity index (χ4v) is 3.67. The van der Waals surface area contributed by atoms with Crippen molar-refractivity contribution in [2.75, 3.05) is 13.6 Å². The number of carbonyl (C=O) groups is 1. The van der Waals surface area contributed by atoms with Crippen molar-refractivity contribution in [1.82, 2.24) is 30.2 Å². The molecule has 0 aliphatic carbocycles. The average Bonchev–Trinajstić information content (AvgIpc) is 3.33. The van der Waals surface area contributed by atoms with E-state index in [1.165, 1.54) is 0 Å². The molecule has 0 saturated heterocycles. The maximum absolute atomic E-state index is 12.7. The number of fused-ring (bicyclic) bond motifs is 1. The standard InChI is InChI=1S/C17H20N6OS/c1-22(11-12-8-14(20-19-12)16-4-2-7-25-16)17(24)15-9-13-10-18-5-3-6-23(13)21-15/h2,4,7-9,18H,3,5-6,10-11H2,1H3,(H,19,20). The molecule has 8 heteroatoms. The Morgan fingerprint density at radius 2 is 2.36 bits per heavy atom. The number of aryl methyl sites for hydroxylation is 1. The largest absolute Gasteiger partial charge is 0.334 e. The van der Waals surface area contributed by atoms with Crippen molar-refractivity contribution in [2.45, 2.75) is 26.1 Å². The summed E-state index contributed by atoms with van der Waals surface area (Å²) in [5.41, 5.74) is 3.38. The molecule has 0 unspecified atom stereocenters. The number of aromatic nitrogens is 4. The van der Waals surface area contributed by atoms with Gasteiger partial charge in [0.05, 0.1) is 22.8 Å². The lowest BCUT2D eigenvalue weighted by molar-refractivity contribution is 0.0776. The van der Waals surface area contributed by atoms with Gasteiger partial charge in [0, 0.05) is 20.1 Å². The molecule has 0 spiro atoms. The number of hydrogen-bond acceptors (Lipinski definition) is 5. The maximum Gasteiger partial charge on any atom is 0.274 e. The van der Waals surface area contributed by atoms with Gasteiger partial charge in [-0.2, -0.15) is 10.2 Å². The van der Waals surface area contributed by atoms with E-state index >= 15 is 0 Å². The van der Waals surface area contributed by atoms with Crippen LogP contribution in [-0.4, -0.2) is 44.4 Å². The molecule has 25 heavy (non-hydrogen) atoms. The summed E-state index contributed by atoms with van der Waals surface area (Å²) in [7, 11) is 1.79. The first-order chi connectivity index (χ1) is 12.2. The number of hydrogen-bond donors (Lipinski definition) is 2. The number of thiophene rings is 1. The van der Waals surface area contributed by atoms with Crippen molar-refractivity contribution in [3.63, 3.8) is 0 Å². The predicted molar refractivity (Wildman–Crippen MR) is 96.2 cm³/mol. The minimum absolute atomic E-state index is 0.0761. The van der Waals surface area contributed by atoms with Crippen LogP contribution >= 0.6 is 11.3 Å². The van der Waals surface area contributed by atoms with Gasteiger partial charge >= 0.3 is 0 Å². The molecular weight excluding hydrogens is 336 g/mol. The smallest absolute Gasteiger partial charge is 0.274 e. The molecule has 2 N–H and O–H groups in total. The number of H-pyrrole nitrogens is 1. The third kappa shape index (κ3) is 3.35. The van der Waals surface area contributed by atoms with Gasteiger partial charge in [0.15, 0.2) is 5.69 Å². The van der Waals surface area contributed by atoms with Crippen molar-refractivity contribution in [3.05, 3.63) is 46.7 Å². The van der Waals surface area contributed by atoms with Gasteiger partial charge in [0.2, 0.25) is 0 Å². The quantitative estimate of drug-likeness (QED) is 0.750. The minimum atomic E-state index is -0.0761. The highest BCUT2D eigenvalue weighted by atomic mass is 32.1. The summed E-state index contributed by atoms with van der Waals surface area (Å²) >= 11 is 1.65. The van der Waals surface area contributed by atoms with E-state index in [1.807, 2.05) is 34.3 Å². The summed E-state index contributed by atoms with van der Waals surface area (Å²) < 4.78 is 1.94. The molecule has 130 valence electrons. The Hall–Kier alpha value is -2.45. The van der Waals surface area contributed by atoms with Crippen LogP contribution in [0.4, 0.5) is 0 Å². The molecule has 7 nitrogen and oxygen atoms in total. The summed E-state index contributed by atoms with van der Waals surface area (Å²) in [6, 6.07) is 7.91. The number of aromatic amines is 1. The summed E-state index contributed by atoms with van der Waals surface area (Å²) in [6.45, 7) is 3.06. The molecule has 4 rings (SSSR count). The van der Waals surface area contributed by atoms with Crippen LogP contribution in [0.25, 0.3) is 10.6 Å². The first-order valence-corrected chi connectivity index (χ1v) is 9.20. The molecule has 0 radical (unpaired) electrons. The van der Waals surface area contributed by atoms with Crippen LogP contribution in [0.5, 0.6) is 0 Å². The number of nitrogens with one attached hydrogen (secondary N) is 2. The Bertz CT molecular complexity index is 842. The van der Waals surface area contributed by atoms with Gasteiger partial charge in [-0.15, -0.1) is 11.3 Å². The zero-order chi connectivity index (χ0) is 17.2. The molecule has 0 bridgehead atoms. The van der Waals surface area contributed by atoms with E-state index in [2.05, 4.69) is 20.6 Å². The highest BCUT2D eigenvalue weighted by Crippen LogP contribution is 2.23. The van der Waals surface area contributed by atoms with Crippen LogP contribution in [0.15, 0.2) is 29.6 Å². The van der Waals surface area contributed by atoms with E-state index in [9.17, 15) is 4.79 Å². The monoisotopic (exact) mass is 356 g/mol. The molecule has 3 aromatic rings. The lowest BCUT2D eigenvalue weighted by atomic mass is 10.3. The zero-order valence-corrected chi connectivity index (χ0v) is 14.8. The number of amides is 1. The Labute approximate surface area is 149 Å². The lowest BCUT2D eigenvalue weighted by Crippen LogP contribution is -2.27. The topological polar surface area (TPSA) is 78.8 Å². The van der Waals surface area contributed by atoms with Crippen LogP contribution in [0, 0.1) is 0 Å². The zero-order valence-electron chi connectivity index (χ0n) is 14.0. The van der Waals surface area contributed by atoms with Crippen LogP contribution < -0.4 is 5.32 Å². The number of carbonyl (C=O) groups excluding carboxylic acids is 1. The van der Waals surface area contributed by atoms with E-state index in [1.54, 1.807) is 23.3 Å². The molecular formula is C17H20N6OS. The minimum Gasteiger partial charge on any atom is -0.334 e. The summed E-state index contributed by atoms with van der Waals surface area (Å²) in [5, 5.41) is 17.2. The van der Waals surface area contributed by atoms with Crippen LogP contribution in [-0.2, 0) is 19.6 Å². The fourth-order valence-electron chi connectivity index (χ4n) is 2.98. The van der Waals surface area contributed by atoms with Gasteiger partial charge in [0.25, 0.3) is 5.91 Å². The number of nitrogens with zero attached hydrogens (tertiary/aromatic N) is 4. The summed E-state index contributed by atoms with van der Waals surface area (Å²) in [5.74, 6) is -0.0761. The molecule has 0 saturated carbocycles. The van der Waals surface area contributed by atoms with Gasteiger partial charge < -0.3 is 10.2 Å². The SMILES string of the molecule is CN(Cc1cc(-c2cccs2)n[nH]1)C(=O)c1cc2n(n1)CCCNC2. The Kier molecular flexibility index (Phi) is 4.37. The normalized spacial score (nSPS) is 14.1. The first kappa shape index (κ1) is 16.0. The molecule has 3 aromatic heterocycles. The molecule has 4 heterocycles. The highest BCUT2D eigenvalue weighted by molar-refractivity contribution is 7.13. The third-order valence-electron chi connectivity index (χ3n) is 4.27. The molecule has 0 fully saturated rings. The molecule has 0 atom stereocenters. The Balaban J connectivity index is 1.46. The molecule has 1 aliphatic heterocycles. The summed E-state index contributed by atoms with van der Waals surface area (Å²) in [6.07, 6.45) is 1.03. The van der Waals surface area contributed by atoms with Crippen LogP contribution in [0.2, 0.25) is 0 Å². The van der Waals surface area contributed by atoms with E-state index in [0.717, 1.165) is 48.0 Å². The van der Waals surface area contributed by atoms with Crippen LogP contribution in [0.1, 0.15) is 28.3 Å².